The van der Waals surface area contributed by atoms with E-state index >= 15 is 0 Å². The van der Waals surface area contributed by atoms with Crippen molar-refractivity contribution in [3.05, 3.63) is 100 Å². The Bertz CT molecular complexity index is 1620. The fraction of sp³-hybridized carbons (Fsp3) is 0.160. The Hall–Kier alpha value is -4.74. The van der Waals surface area contributed by atoms with Crippen LogP contribution in [0.2, 0.25) is 0 Å². The number of aromatic amines is 1. The molecule has 0 aliphatic heterocycles. The van der Waals surface area contributed by atoms with E-state index in [9.17, 15) is 22.8 Å². The van der Waals surface area contributed by atoms with Gasteiger partial charge in [-0.25, -0.2) is 9.67 Å². The van der Waals surface area contributed by atoms with Gasteiger partial charge >= 0.3 is 6.18 Å². The Kier molecular flexibility index (Phi) is 6.30. The van der Waals surface area contributed by atoms with Gasteiger partial charge in [-0.15, -0.1) is 0 Å². The minimum Gasteiger partial charge on any atom is -0.349 e. The fourth-order valence-electron chi connectivity index (χ4n) is 3.88. The van der Waals surface area contributed by atoms with Crippen LogP contribution in [0.1, 0.15) is 21.6 Å². The first-order chi connectivity index (χ1) is 17.8. The summed E-state index contributed by atoms with van der Waals surface area (Å²) < 4.78 is 41.7. The van der Waals surface area contributed by atoms with Crippen molar-refractivity contribution >= 4 is 16.9 Å². The molecule has 3 aromatic heterocycles. The van der Waals surface area contributed by atoms with E-state index < -0.39 is 17.3 Å². The van der Waals surface area contributed by atoms with Gasteiger partial charge in [0.15, 0.2) is 5.65 Å². The van der Waals surface area contributed by atoms with Gasteiger partial charge in [0, 0.05) is 12.1 Å². The molecule has 0 fully saturated rings. The van der Waals surface area contributed by atoms with Crippen molar-refractivity contribution in [1.29, 1.82) is 0 Å². The minimum atomic E-state index is -4.47. The molecule has 0 radical (unpaired) electrons. The minimum absolute atomic E-state index is 0.0674. The molecule has 0 aliphatic rings. The number of nitrogens with zero attached hydrogens (tertiary/aromatic N) is 5. The number of hydrogen-bond donors (Lipinski definition) is 2. The van der Waals surface area contributed by atoms with Gasteiger partial charge in [0.25, 0.3) is 11.5 Å². The highest BCUT2D eigenvalue weighted by atomic mass is 19.4. The van der Waals surface area contributed by atoms with Crippen LogP contribution in [0.15, 0.2) is 78.0 Å². The van der Waals surface area contributed by atoms with E-state index in [2.05, 4.69) is 25.6 Å². The van der Waals surface area contributed by atoms with E-state index in [-0.39, 0.29) is 30.9 Å². The van der Waals surface area contributed by atoms with Crippen LogP contribution < -0.4 is 10.9 Å². The first kappa shape index (κ1) is 24.0. The van der Waals surface area contributed by atoms with Gasteiger partial charge in [0.2, 0.25) is 0 Å². The second kappa shape index (κ2) is 9.72. The Morgan fingerprint density at radius 1 is 1.05 bits per heavy atom. The normalized spacial score (nSPS) is 11.6. The third-order valence-corrected chi connectivity index (χ3v) is 5.73. The molecule has 188 valence electrons. The highest BCUT2D eigenvalue weighted by Gasteiger charge is 2.30. The predicted octanol–water partition coefficient (Wildman–Crippen LogP) is 3.48. The number of carbonyl (C=O) groups excluding carboxylic acids is 1. The van der Waals surface area contributed by atoms with Crippen LogP contribution in [-0.2, 0) is 19.3 Å². The zero-order valence-electron chi connectivity index (χ0n) is 19.2. The van der Waals surface area contributed by atoms with Crippen molar-refractivity contribution in [2.75, 3.05) is 6.54 Å². The van der Waals surface area contributed by atoms with E-state index in [0.717, 1.165) is 17.7 Å². The summed E-state index contributed by atoms with van der Waals surface area (Å²) >= 11 is 0. The molecule has 2 aromatic carbocycles. The van der Waals surface area contributed by atoms with Crippen LogP contribution in [0.5, 0.6) is 0 Å². The van der Waals surface area contributed by atoms with Gasteiger partial charge in [0.1, 0.15) is 17.4 Å². The Labute approximate surface area is 207 Å². The Balaban J connectivity index is 1.24. The van der Waals surface area contributed by atoms with Gasteiger partial charge in [-0.05, 0) is 23.8 Å². The van der Waals surface area contributed by atoms with E-state index in [1.165, 1.54) is 33.9 Å². The van der Waals surface area contributed by atoms with Crippen molar-refractivity contribution in [1.82, 2.24) is 34.8 Å². The van der Waals surface area contributed by atoms with E-state index in [1.54, 1.807) is 6.07 Å². The molecule has 0 saturated carbocycles. The number of alkyl halides is 3. The molecule has 1 amide bonds. The standard InChI is InChI=1S/C25H20F3N7O2/c26-25(27,28)18-8-4-5-16(11-18)14-34-15-30-22-19(24(34)37)13-31-35(22)10-9-29-23(36)21-12-20(32-33-21)17-6-2-1-3-7-17/h1-8,11-13,15H,9-10,14H2,(H,29,36)(H,32,33). The summed E-state index contributed by atoms with van der Waals surface area (Å²) in [4.78, 5) is 29.6. The number of hydrogen-bond acceptors (Lipinski definition) is 5. The first-order valence-corrected chi connectivity index (χ1v) is 11.3. The highest BCUT2D eigenvalue weighted by Crippen LogP contribution is 2.29. The molecule has 12 heteroatoms. The van der Waals surface area contributed by atoms with Crippen molar-refractivity contribution < 1.29 is 18.0 Å². The number of nitrogens with one attached hydrogen (secondary N) is 2. The third kappa shape index (κ3) is 5.13. The molecule has 0 atom stereocenters. The SMILES string of the molecule is O=C(NCCn1ncc2c(=O)n(Cc3cccc(C(F)(F)F)c3)cnc21)c1cc(-c2ccccc2)n[nH]1. The number of amides is 1. The number of H-pyrrole nitrogens is 1. The van der Waals surface area contributed by atoms with Gasteiger partial charge in [0.05, 0.1) is 30.5 Å². The second-order valence-electron chi connectivity index (χ2n) is 8.27. The summed E-state index contributed by atoms with van der Waals surface area (Å²) in [5.74, 6) is -0.345. The maximum atomic E-state index is 13.0. The van der Waals surface area contributed by atoms with Crippen LogP contribution in [0.25, 0.3) is 22.3 Å². The van der Waals surface area contributed by atoms with E-state index in [4.69, 9.17) is 0 Å². The largest absolute Gasteiger partial charge is 0.416 e. The van der Waals surface area contributed by atoms with E-state index in [1.807, 2.05) is 30.3 Å². The highest BCUT2D eigenvalue weighted by molar-refractivity contribution is 5.93. The fourth-order valence-corrected chi connectivity index (χ4v) is 3.88. The van der Waals surface area contributed by atoms with Gasteiger partial charge in [-0.3, -0.25) is 19.3 Å². The molecule has 0 unspecified atom stereocenters. The number of halogens is 3. The molecule has 9 nitrogen and oxygen atoms in total. The van der Waals surface area contributed by atoms with Crippen LogP contribution in [-0.4, -0.2) is 42.0 Å². The monoisotopic (exact) mass is 507 g/mol. The number of aromatic nitrogens is 6. The zero-order chi connectivity index (χ0) is 26.0. The number of rotatable bonds is 7. The Morgan fingerprint density at radius 3 is 2.65 bits per heavy atom. The maximum absolute atomic E-state index is 13.0. The number of carbonyl (C=O) groups is 1. The molecular formula is C25H20F3N7O2. The van der Waals surface area contributed by atoms with Crippen molar-refractivity contribution in [3.63, 3.8) is 0 Å². The summed E-state index contributed by atoms with van der Waals surface area (Å²) in [5, 5.41) is 14.1. The Morgan fingerprint density at radius 2 is 1.86 bits per heavy atom. The third-order valence-electron chi connectivity index (χ3n) is 5.73. The second-order valence-corrected chi connectivity index (χ2v) is 8.27. The van der Waals surface area contributed by atoms with Crippen LogP contribution in [0.3, 0.4) is 0 Å². The van der Waals surface area contributed by atoms with Gasteiger partial charge in [-0.1, -0.05) is 42.5 Å². The molecule has 2 N–H and O–H groups in total. The van der Waals surface area contributed by atoms with Gasteiger partial charge in [-0.2, -0.15) is 23.4 Å². The molecule has 0 saturated heterocycles. The maximum Gasteiger partial charge on any atom is 0.416 e. The molecule has 0 bridgehead atoms. The number of fused-ring (bicyclic) bond motifs is 1. The molecular weight excluding hydrogens is 487 g/mol. The molecule has 3 heterocycles. The molecule has 37 heavy (non-hydrogen) atoms. The average molecular weight is 507 g/mol. The lowest BCUT2D eigenvalue weighted by molar-refractivity contribution is -0.137. The summed E-state index contributed by atoms with van der Waals surface area (Å²) in [6, 6.07) is 15.9. The topological polar surface area (TPSA) is 110 Å². The average Bonchev–Trinajstić information content (AvgIpc) is 3.54. The van der Waals surface area contributed by atoms with Crippen molar-refractivity contribution in [2.45, 2.75) is 19.3 Å². The van der Waals surface area contributed by atoms with Crippen LogP contribution >= 0.6 is 0 Å². The van der Waals surface area contributed by atoms with Gasteiger partial charge < -0.3 is 5.32 Å². The van der Waals surface area contributed by atoms with Crippen molar-refractivity contribution in [3.8, 4) is 11.3 Å². The quantitative estimate of drug-likeness (QED) is 0.351. The van der Waals surface area contributed by atoms with E-state index in [0.29, 0.717) is 22.6 Å². The summed E-state index contributed by atoms with van der Waals surface area (Å²) in [6.07, 6.45) is -1.84. The summed E-state index contributed by atoms with van der Waals surface area (Å²) in [5.41, 5.74) is 1.26. The molecule has 5 rings (SSSR count). The molecule has 0 spiro atoms. The predicted molar refractivity (Wildman–Crippen MR) is 129 cm³/mol. The first-order valence-electron chi connectivity index (χ1n) is 11.3. The lowest BCUT2D eigenvalue weighted by atomic mass is 10.1. The van der Waals surface area contributed by atoms with Crippen molar-refractivity contribution in [2.24, 2.45) is 0 Å². The lowest BCUT2D eigenvalue weighted by Crippen LogP contribution is -2.28. The lowest BCUT2D eigenvalue weighted by Gasteiger charge is -2.10. The zero-order valence-corrected chi connectivity index (χ0v) is 19.2. The smallest absolute Gasteiger partial charge is 0.349 e. The summed E-state index contributed by atoms with van der Waals surface area (Å²) in [7, 11) is 0. The van der Waals surface area contributed by atoms with Crippen LogP contribution in [0.4, 0.5) is 13.2 Å². The molecule has 0 aliphatic carbocycles. The molecule has 5 aromatic rings. The van der Waals surface area contributed by atoms with Crippen LogP contribution in [0, 0.1) is 0 Å². The number of benzene rings is 2. The summed E-state index contributed by atoms with van der Waals surface area (Å²) in [6.45, 7) is 0.394.